The van der Waals surface area contributed by atoms with E-state index in [0.717, 1.165) is 31.7 Å². The molecule has 18 heavy (non-hydrogen) atoms. The van der Waals surface area contributed by atoms with Gasteiger partial charge in [-0.3, -0.25) is 9.10 Å². The average molecular weight is 268 g/mol. The van der Waals surface area contributed by atoms with Crippen LogP contribution in [-0.4, -0.2) is 35.6 Å². The van der Waals surface area contributed by atoms with Crippen molar-refractivity contribution in [1.82, 2.24) is 9.62 Å². The third-order valence-corrected chi connectivity index (χ3v) is 3.87. The maximum atomic E-state index is 11.9. The molecule has 0 bridgehead atoms. The summed E-state index contributed by atoms with van der Waals surface area (Å²) >= 11 is 1.87. The lowest BCUT2D eigenvalue weighted by atomic mass is 9.97. The third-order valence-electron chi connectivity index (χ3n) is 2.88. The highest BCUT2D eigenvalue weighted by Crippen LogP contribution is 2.22. The molecule has 0 aromatic rings. The summed E-state index contributed by atoms with van der Waals surface area (Å²) in [4.78, 5) is 11.9. The second-order valence-electron chi connectivity index (χ2n) is 4.81. The van der Waals surface area contributed by atoms with Gasteiger partial charge >= 0.3 is 0 Å². The zero-order valence-corrected chi connectivity index (χ0v) is 12.5. The van der Waals surface area contributed by atoms with Crippen molar-refractivity contribution in [3.8, 4) is 11.8 Å². The molecule has 1 saturated heterocycles. The van der Waals surface area contributed by atoms with Crippen molar-refractivity contribution in [3.05, 3.63) is 0 Å². The van der Waals surface area contributed by atoms with Crippen LogP contribution in [0.3, 0.4) is 0 Å². The predicted molar refractivity (Wildman–Crippen MR) is 78.1 cm³/mol. The van der Waals surface area contributed by atoms with E-state index in [0.29, 0.717) is 12.5 Å². The molecule has 0 aromatic carbocycles. The van der Waals surface area contributed by atoms with Crippen LogP contribution in [0.1, 0.15) is 33.6 Å². The zero-order valence-electron chi connectivity index (χ0n) is 11.7. The van der Waals surface area contributed by atoms with E-state index in [2.05, 4.69) is 42.2 Å². The van der Waals surface area contributed by atoms with Crippen LogP contribution >= 0.6 is 11.9 Å². The van der Waals surface area contributed by atoms with Crippen molar-refractivity contribution in [2.24, 2.45) is 11.8 Å². The Kier molecular flexibility index (Phi) is 7.22. The van der Waals surface area contributed by atoms with Gasteiger partial charge in [0.25, 0.3) is 0 Å². The third kappa shape index (κ3) is 5.79. The fourth-order valence-electron chi connectivity index (χ4n) is 1.96. The standard InChI is InChI=1S/C14H24N2OS/c1-4-18-16-10-7-13(8-11-16)14(17)15-9-5-6-12(2)3/h12-13H,4,7-11H2,1-3H3,(H,15,17). The summed E-state index contributed by atoms with van der Waals surface area (Å²) in [6.45, 7) is 8.80. The lowest BCUT2D eigenvalue weighted by Crippen LogP contribution is -2.38. The summed E-state index contributed by atoms with van der Waals surface area (Å²) in [5.74, 6) is 7.88. The Morgan fingerprint density at radius 2 is 2.11 bits per heavy atom. The van der Waals surface area contributed by atoms with Crippen molar-refractivity contribution in [2.45, 2.75) is 33.6 Å². The van der Waals surface area contributed by atoms with Gasteiger partial charge in [0.15, 0.2) is 0 Å². The molecule has 0 aliphatic carbocycles. The molecule has 0 saturated carbocycles. The first-order valence-electron chi connectivity index (χ1n) is 6.77. The molecule has 0 spiro atoms. The van der Waals surface area contributed by atoms with Gasteiger partial charge in [0, 0.05) is 30.7 Å². The molecule has 1 fully saturated rings. The largest absolute Gasteiger partial charge is 0.345 e. The predicted octanol–water partition coefficient (Wildman–Crippen LogP) is 2.14. The fraction of sp³-hybridized carbons (Fsp3) is 0.786. The maximum absolute atomic E-state index is 11.9. The van der Waals surface area contributed by atoms with Crippen molar-refractivity contribution in [1.29, 1.82) is 0 Å². The number of piperidine rings is 1. The van der Waals surface area contributed by atoms with Gasteiger partial charge in [-0.25, -0.2) is 0 Å². The Morgan fingerprint density at radius 1 is 1.44 bits per heavy atom. The Labute approximate surface area is 115 Å². The van der Waals surface area contributed by atoms with Crippen LogP contribution in [0.25, 0.3) is 0 Å². The molecule has 1 aliphatic heterocycles. The van der Waals surface area contributed by atoms with Gasteiger partial charge in [-0.2, -0.15) is 0 Å². The number of rotatable bonds is 4. The smallest absolute Gasteiger partial charge is 0.223 e. The SMILES string of the molecule is CCSN1CCC(C(=O)NCC#CC(C)C)CC1. The quantitative estimate of drug-likeness (QED) is 0.626. The van der Waals surface area contributed by atoms with Crippen LogP contribution in [0.4, 0.5) is 0 Å². The molecular formula is C14H24N2OS. The van der Waals surface area contributed by atoms with E-state index in [4.69, 9.17) is 0 Å². The summed E-state index contributed by atoms with van der Waals surface area (Å²) in [6.07, 6.45) is 1.94. The van der Waals surface area contributed by atoms with Gasteiger partial charge in [-0.1, -0.05) is 44.6 Å². The highest BCUT2D eigenvalue weighted by molar-refractivity contribution is 7.96. The van der Waals surface area contributed by atoms with E-state index in [1.54, 1.807) is 0 Å². The van der Waals surface area contributed by atoms with E-state index in [1.165, 1.54) is 0 Å². The summed E-state index contributed by atoms with van der Waals surface area (Å²) in [7, 11) is 0. The molecule has 102 valence electrons. The number of carbonyl (C=O) groups excluding carboxylic acids is 1. The van der Waals surface area contributed by atoms with Gasteiger partial charge in [0.05, 0.1) is 6.54 Å². The molecule has 0 aromatic heterocycles. The van der Waals surface area contributed by atoms with E-state index >= 15 is 0 Å². The summed E-state index contributed by atoms with van der Waals surface area (Å²) < 4.78 is 2.36. The molecule has 3 nitrogen and oxygen atoms in total. The van der Waals surface area contributed by atoms with Crippen LogP contribution in [0.2, 0.25) is 0 Å². The summed E-state index contributed by atoms with van der Waals surface area (Å²) in [5, 5.41) is 2.92. The second kappa shape index (κ2) is 8.44. The Morgan fingerprint density at radius 3 is 2.67 bits per heavy atom. The normalized spacial score (nSPS) is 17.3. The Balaban J connectivity index is 2.22. The van der Waals surface area contributed by atoms with Crippen molar-refractivity contribution in [3.63, 3.8) is 0 Å². The lowest BCUT2D eigenvalue weighted by molar-refractivity contribution is -0.125. The zero-order chi connectivity index (χ0) is 13.4. The minimum absolute atomic E-state index is 0.175. The van der Waals surface area contributed by atoms with Crippen LogP contribution in [0.15, 0.2) is 0 Å². The highest BCUT2D eigenvalue weighted by atomic mass is 32.2. The minimum Gasteiger partial charge on any atom is -0.345 e. The molecule has 1 N–H and O–H groups in total. The molecule has 4 heteroatoms. The number of carbonyl (C=O) groups is 1. The van der Waals surface area contributed by atoms with Crippen LogP contribution in [0, 0.1) is 23.7 Å². The Bertz CT molecular complexity index is 311. The fourth-order valence-corrected chi connectivity index (χ4v) is 2.79. The number of hydrogen-bond acceptors (Lipinski definition) is 3. The summed E-state index contributed by atoms with van der Waals surface area (Å²) in [5.41, 5.74) is 0. The minimum atomic E-state index is 0.175. The van der Waals surface area contributed by atoms with E-state index < -0.39 is 0 Å². The van der Waals surface area contributed by atoms with Crippen molar-refractivity contribution >= 4 is 17.9 Å². The number of hydrogen-bond donors (Lipinski definition) is 1. The van der Waals surface area contributed by atoms with Crippen LogP contribution in [-0.2, 0) is 4.79 Å². The number of nitrogens with one attached hydrogen (secondary N) is 1. The van der Waals surface area contributed by atoms with Gasteiger partial charge in [0.2, 0.25) is 5.91 Å². The van der Waals surface area contributed by atoms with Crippen LogP contribution < -0.4 is 5.32 Å². The maximum Gasteiger partial charge on any atom is 0.223 e. The first-order valence-corrected chi connectivity index (χ1v) is 7.71. The molecule has 1 rings (SSSR count). The second-order valence-corrected chi connectivity index (χ2v) is 6.17. The van der Waals surface area contributed by atoms with E-state index in [9.17, 15) is 4.79 Å². The molecule has 1 aliphatic rings. The van der Waals surface area contributed by atoms with Gasteiger partial charge in [0.1, 0.15) is 0 Å². The molecule has 0 unspecified atom stereocenters. The van der Waals surface area contributed by atoms with Gasteiger partial charge in [-0.05, 0) is 12.8 Å². The first kappa shape index (κ1) is 15.4. The van der Waals surface area contributed by atoms with Crippen molar-refractivity contribution in [2.75, 3.05) is 25.4 Å². The average Bonchev–Trinajstić information content (AvgIpc) is 2.35. The molecule has 0 radical (unpaired) electrons. The molecule has 1 heterocycles. The van der Waals surface area contributed by atoms with Gasteiger partial charge < -0.3 is 5.32 Å². The lowest BCUT2D eigenvalue weighted by Gasteiger charge is -2.29. The van der Waals surface area contributed by atoms with E-state index in [-0.39, 0.29) is 11.8 Å². The Hall–Kier alpha value is -0.660. The van der Waals surface area contributed by atoms with Crippen molar-refractivity contribution < 1.29 is 4.79 Å². The number of nitrogens with zero attached hydrogens (tertiary/aromatic N) is 1. The highest BCUT2D eigenvalue weighted by Gasteiger charge is 2.24. The molecule has 1 amide bonds. The first-order chi connectivity index (χ1) is 8.63. The topological polar surface area (TPSA) is 32.3 Å². The number of amides is 1. The van der Waals surface area contributed by atoms with E-state index in [1.807, 2.05) is 11.9 Å². The summed E-state index contributed by atoms with van der Waals surface area (Å²) in [6, 6.07) is 0. The monoisotopic (exact) mass is 268 g/mol. The molecular weight excluding hydrogens is 244 g/mol. The molecule has 0 atom stereocenters. The van der Waals surface area contributed by atoms with Crippen LogP contribution in [0.5, 0.6) is 0 Å². The van der Waals surface area contributed by atoms with Gasteiger partial charge in [-0.15, -0.1) is 0 Å².